The lowest BCUT2D eigenvalue weighted by Gasteiger charge is -2.33. The predicted molar refractivity (Wildman–Crippen MR) is 73.8 cm³/mol. The Balaban J connectivity index is 1.67. The first-order chi connectivity index (χ1) is 9.28. The highest BCUT2D eigenvalue weighted by molar-refractivity contribution is 5.81. The SMILES string of the molecule is CCc1ccc([C@H]2CN(C(=O)C3CC3)CCO2)cc1. The van der Waals surface area contributed by atoms with Crippen molar-refractivity contribution in [2.75, 3.05) is 19.7 Å². The van der Waals surface area contributed by atoms with Gasteiger partial charge in [-0.2, -0.15) is 0 Å². The van der Waals surface area contributed by atoms with Crippen molar-refractivity contribution in [2.24, 2.45) is 5.92 Å². The van der Waals surface area contributed by atoms with Gasteiger partial charge in [-0.15, -0.1) is 0 Å². The number of ether oxygens (including phenoxy) is 1. The largest absolute Gasteiger partial charge is 0.370 e. The van der Waals surface area contributed by atoms with Crippen LogP contribution < -0.4 is 0 Å². The van der Waals surface area contributed by atoms with Gasteiger partial charge in [-0.1, -0.05) is 31.2 Å². The van der Waals surface area contributed by atoms with E-state index in [1.807, 2.05) is 4.90 Å². The molecule has 3 nitrogen and oxygen atoms in total. The third kappa shape index (κ3) is 2.81. The number of rotatable bonds is 3. The third-order valence-electron chi connectivity index (χ3n) is 4.06. The minimum atomic E-state index is 0.0438. The van der Waals surface area contributed by atoms with Gasteiger partial charge < -0.3 is 9.64 Å². The van der Waals surface area contributed by atoms with E-state index in [0.29, 0.717) is 25.0 Å². The molecule has 1 amide bonds. The fourth-order valence-corrected chi connectivity index (χ4v) is 2.61. The second-order valence-corrected chi connectivity index (χ2v) is 5.51. The second-order valence-electron chi connectivity index (χ2n) is 5.51. The van der Waals surface area contributed by atoms with Crippen molar-refractivity contribution in [3.63, 3.8) is 0 Å². The molecule has 0 spiro atoms. The van der Waals surface area contributed by atoms with Gasteiger partial charge in [0.1, 0.15) is 6.10 Å². The molecule has 0 unspecified atom stereocenters. The zero-order valence-corrected chi connectivity index (χ0v) is 11.5. The van der Waals surface area contributed by atoms with Crippen LogP contribution in [-0.4, -0.2) is 30.5 Å². The maximum Gasteiger partial charge on any atom is 0.225 e. The summed E-state index contributed by atoms with van der Waals surface area (Å²) in [5.41, 5.74) is 2.52. The van der Waals surface area contributed by atoms with Crippen LogP contribution >= 0.6 is 0 Å². The summed E-state index contributed by atoms with van der Waals surface area (Å²) in [7, 11) is 0. The summed E-state index contributed by atoms with van der Waals surface area (Å²) >= 11 is 0. The van der Waals surface area contributed by atoms with Crippen LogP contribution in [0.3, 0.4) is 0 Å². The molecule has 0 N–H and O–H groups in total. The average Bonchev–Trinajstić information content (AvgIpc) is 3.31. The van der Waals surface area contributed by atoms with E-state index in [1.165, 1.54) is 11.1 Å². The first-order valence-electron chi connectivity index (χ1n) is 7.27. The van der Waals surface area contributed by atoms with Gasteiger partial charge in [0.15, 0.2) is 0 Å². The minimum Gasteiger partial charge on any atom is -0.370 e. The number of aryl methyl sites for hydroxylation is 1. The molecule has 2 fully saturated rings. The molecule has 2 aliphatic rings. The monoisotopic (exact) mass is 259 g/mol. The Morgan fingerprint density at radius 2 is 2.05 bits per heavy atom. The number of hydrogen-bond acceptors (Lipinski definition) is 2. The number of benzene rings is 1. The van der Waals surface area contributed by atoms with E-state index in [9.17, 15) is 4.79 Å². The quantitative estimate of drug-likeness (QED) is 0.835. The first kappa shape index (κ1) is 12.7. The normalized spacial score (nSPS) is 23.4. The van der Waals surface area contributed by atoms with E-state index >= 15 is 0 Å². The maximum absolute atomic E-state index is 12.1. The summed E-state index contributed by atoms with van der Waals surface area (Å²) in [5, 5.41) is 0. The third-order valence-corrected chi connectivity index (χ3v) is 4.06. The second kappa shape index (κ2) is 5.33. The molecule has 1 aliphatic heterocycles. The molecule has 0 bridgehead atoms. The number of amides is 1. The lowest BCUT2D eigenvalue weighted by atomic mass is 10.0. The fourth-order valence-electron chi connectivity index (χ4n) is 2.61. The summed E-state index contributed by atoms with van der Waals surface area (Å²) in [4.78, 5) is 14.1. The molecule has 102 valence electrons. The van der Waals surface area contributed by atoms with Crippen LogP contribution in [-0.2, 0) is 16.0 Å². The maximum atomic E-state index is 12.1. The smallest absolute Gasteiger partial charge is 0.225 e. The van der Waals surface area contributed by atoms with Crippen LogP contribution in [0.5, 0.6) is 0 Å². The number of carbonyl (C=O) groups excluding carboxylic acids is 1. The van der Waals surface area contributed by atoms with Gasteiger partial charge >= 0.3 is 0 Å². The zero-order valence-electron chi connectivity index (χ0n) is 11.5. The van der Waals surface area contributed by atoms with Crippen molar-refractivity contribution in [1.82, 2.24) is 4.90 Å². The molecule has 1 aliphatic carbocycles. The number of hydrogen-bond donors (Lipinski definition) is 0. The molecule has 0 radical (unpaired) electrons. The summed E-state index contributed by atoms with van der Waals surface area (Å²) in [5.74, 6) is 0.639. The van der Waals surface area contributed by atoms with Gasteiger partial charge in [-0.05, 0) is 30.4 Å². The van der Waals surface area contributed by atoms with Gasteiger partial charge in [0.05, 0.1) is 13.2 Å². The average molecular weight is 259 g/mol. The Bertz CT molecular complexity index is 450. The molecule has 1 saturated carbocycles. The molecule has 1 aromatic rings. The van der Waals surface area contributed by atoms with Crippen LogP contribution in [0.4, 0.5) is 0 Å². The van der Waals surface area contributed by atoms with Gasteiger partial charge in [-0.25, -0.2) is 0 Å². The molecule has 19 heavy (non-hydrogen) atoms. The summed E-state index contributed by atoms with van der Waals surface area (Å²) in [6, 6.07) is 8.57. The van der Waals surface area contributed by atoms with E-state index in [1.54, 1.807) is 0 Å². The Labute approximate surface area is 114 Å². The molecule has 1 saturated heterocycles. The van der Waals surface area contributed by atoms with E-state index in [2.05, 4.69) is 31.2 Å². The van der Waals surface area contributed by atoms with Crippen LogP contribution in [0.1, 0.15) is 37.0 Å². The number of nitrogens with zero attached hydrogens (tertiary/aromatic N) is 1. The first-order valence-corrected chi connectivity index (χ1v) is 7.27. The Hall–Kier alpha value is -1.35. The summed E-state index contributed by atoms with van der Waals surface area (Å²) < 4.78 is 5.82. The Morgan fingerprint density at radius 1 is 1.32 bits per heavy atom. The molecular weight excluding hydrogens is 238 g/mol. The van der Waals surface area contributed by atoms with Crippen molar-refractivity contribution in [3.05, 3.63) is 35.4 Å². The lowest BCUT2D eigenvalue weighted by Crippen LogP contribution is -2.43. The van der Waals surface area contributed by atoms with Crippen molar-refractivity contribution < 1.29 is 9.53 Å². The number of morpholine rings is 1. The molecule has 1 heterocycles. The van der Waals surface area contributed by atoms with Crippen LogP contribution in [0.15, 0.2) is 24.3 Å². The minimum absolute atomic E-state index is 0.0438. The topological polar surface area (TPSA) is 29.5 Å². The van der Waals surface area contributed by atoms with Crippen molar-refractivity contribution in [1.29, 1.82) is 0 Å². The zero-order chi connectivity index (χ0) is 13.2. The standard InChI is InChI=1S/C16H21NO2/c1-2-12-3-5-13(6-4-12)15-11-17(9-10-19-15)16(18)14-7-8-14/h3-6,14-15H,2,7-11H2,1H3/t15-/m1/s1. The van der Waals surface area contributed by atoms with Crippen LogP contribution in [0, 0.1) is 5.92 Å². The summed E-state index contributed by atoms with van der Waals surface area (Å²) in [6.45, 7) is 4.26. The molecular formula is C16H21NO2. The molecule has 3 heteroatoms. The predicted octanol–water partition coefficient (Wildman–Crippen LogP) is 2.56. The van der Waals surface area contributed by atoms with Crippen molar-refractivity contribution in [3.8, 4) is 0 Å². The Morgan fingerprint density at radius 3 is 2.68 bits per heavy atom. The molecule has 3 rings (SSSR count). The van der Waals surface area contributed by atoms with E-state index in [4.69, 9.17) is 4.74 Å². The molecule has 0 aromatic heterocycles. The highest BCUT2D eigenvalue weighted by Gasteiger charge is 2.35. The highest BCUT2D eigenvalue weighted by atomic mass is 16.5. The van der Waals surface area contributed by atoms with E-state index in [-0.39, 0.29) is 6.10 Å². The van der Waals surface area contributed by atoms with Gasteiger partial charge in [0.2, 0.25) is 5.91 Å². The number of carbonyl (C=O) groups is 1. The van der Waals surface area contributed by atoms with Gasteiger partial charge in [-0.3, -0.25) is 4.79 Å². The molecule has 1 atom stereocenters. The Kier molecular flexibility index (Phi) is 3.56. The van der Waals surface area contributed by atoms with E-state index in [0.717, 1.165) is 25.8 Å². The van der Waals surface area contributed by atoms with Gasteiger partial charge in [0.25, 0.3) is 0 Å². The lowest BCUT2D eigenvalue weighted by molar-refractivity contribution is -0.140. The van der Waals surface area contributed by atoms with Crippen LogP contribution in [0.25, 0.3) is 0 Å². The highest BCUT2D eigenvalue weighted by Crippen LogP contribution is 2.33. The van der Waals surface area contributed by atoms with Gasteiger partial charge in [0, 0.05) is 12.5 Å². The molecule has 1 aromatic carbocycles. The van der Waals surface area contributed by atoms with Crippen molar-refractivity contribution in [2.45, 2.75) is 32.3 Å². The van der Waals surface area contributed by atoms with Crippen LogP contribution in [0.2, 0.25) is 0 Å². The summed E-state index contributed by atoms with van der Waals surface area (Å²) in [6.07, 6.45) is 3.25. The fraction of sp³-hybridized carbons (Fsp3) is 0.562. The van der Waals surface area contributed by atoms with E-state index < -0.39 is 0 Å². The van der Waals surface area contributed by atoms with Crippen molar-refractivity contribution >= 4 is 5.91 Å².